The average molecular weight is 234 g/mol. The summed E-state index contributed by atoms with van der Waals surface area (Å²) < 4.78 is 10.6. The van der Waals surface area contributed by atoms with Crippen molar-refractivity contribution in [2.45, 2.75) is 0 Å². The van der Waals surface area contributed by atoms with Gasteiger partial charge in [-0.3, -0.25) is 0 Å². The highest BCUT2D eigenvalue weighted by molar-refractivity contribution is 5.63. The second-order valence-electron chi connectivity index (χ2n) is 3.65. The molecule has 0 aliphatic carbocycles. The van der Waals surface area contributed by atoms with E-state index in [1.807, 2.05) is 6.07 Å². The number of hydrogen-bond acceptors (Lipinski definition) is 4. The predicted octanol–water partition coefficient (Wildman–Crippen LogP) is 2.47. The molecule has 6 nitrogen and oxygen atoms in total. The fourth-order valence-corrected chi connectivity index (χ4v) is 1.85. The monoisotopic (exact) mass is 234 g/mol. The molecule has 90 valence electrons. The van der Waals surface area contributed by atoms with Crippen LogP contribution in [0.15, 0.2) is 23.3 Å². The smallest absolute Gasteiger partial charge is 0.142 e. The van der Waals surface area contributed by atoms with Gasteiger partial charge < -0.3 is 14.4 Å². The Morgan fingerprint density at radius 1 is 1.41 bits per heavy atom. The zero-order chi connectivity index (χ0) is 12.1. The number of benzene rings is 1. The Labute approximate surface area is 99.4 Å². The van der Waals surface area contributed by atoms with Crippen molar-refractivity contribution in [3.63, 3.8) is 0 Å². The van der Waals surface area contributed by atoms with Crippen molar-refractivity contribution in [1.82, 2.24) is 0 Å². The van der Waals surface area contributed by atoms with Crippen LogP contribution in [0.2, 0.25) is 0 Å². The molecule has 1 aromatic rings. The number of hydrogen-bond donors (Lipinski definition) is 0. The van der Waals surface area contributed by atoms with Crippen LogP contribution in [0.4, 0.5) is 11.4 Å². The molecule has 1 aromatic carbocycles. The molecule has 0 unspecified atom stereocenters. The summed E-state index contributed by atoms with van der Waals surface area (Å²) in [6.45, 7) is 3.14. The van der Waals surface area contributed by atoms with Crippen LogP contribution in [0.25, 0.3) is 10.4 Å². The van der Waals surface area contributed by atoms with Gasteiger partial charge in [-0.25, -0.2) is 0 Å². The van der Waals surface area contributed by atoms with E-state index in [-0.39, 0.29) is 0 Å². The maximum atomic E-state index is 8.39. The molecule has 0 bridgehead atoms. The van der Waals surface area contributed by atoms with E-state index in [9.17, 15) is 0 Å². The van der Waals surface area contributed by atoms with Crippen LogP contribution in [0, 0.1) is 0 Å². The molecule has 1 heterocycles. The Balaban J connectivity index is 2.29. The number of anilines is 1. The van der Waals surface area contributed by atoms with Crippen LogP contribution in [0.1, 0.15) is 0 Å². The summed E-state index contributed by atoms with van der Waals surface area (Å²) in [5, 5.41) is 3.56. The quantitative estimate of drug-likeness (QED) is 0.458. The third-order valence-corrected chi connectivity index (χ3v) is 2.68. The highest BCUT2D eigenvalue weighted by Gasteiger charge is 2.15. The van der Waals surface area contributed by atoms with Crippen molar-refractivity contribution in [2.24, 2.45) is 5.11 Å². The van der Waals surface area contributed by atoms with Crippen LogP contribution in [-0.4, -0.2) is 33.4 Å². The van der Waals surface area contributed by atoms with Gasteiger partial charge in [0.05, 0.1) is 26.0 Å². The summed E-state index contributed by atoms with van der Waals surface area (Å²) >= 11 is 0. The number of morpholine rings is 1. The van der Waals surface area contributed by atoms with Gasteiger partial charge in [0.2, 0.25) is 0 Å². The van der Waals surface area contributed by atoms with E-state index >= 15 is 0 Å². The molecule has 0 saturated carbocycles. The molecule has 6 heteroatoms. The predicted molar refractivity (Wildman–Crippen MR) is 64.8 cm³/mol. The van der Waals surface area contributed by atoms with Crippen LogP contribution >= 0.6 is 0 Å². The number of rotatable bonds is 3. The van der Waals surface area contributed by atoms with Crippen LogP contribution in [0.5, 0.6) is 5.75 Å². The number of ether oxygens (including phenoxy) is 2. The van der Waals surface area contributed by atoms with E-state index in [0.717, 1.165) is 37.7 Å². The molecular weight excluding hydrogens is 220 g/mol. The fourth-order valence-electron chi connectivity index (χ4n) is 1.85. The summed E-state index contributed by atoms with van der Waals surface area (Å²) in [7, 11) is 1.61. The van der Waals surface area contributed by atoms with Crippen molar-refractivity contribution in [3.8, 4) is 5.75 Å². The summed E-state index contributed by atoms with van der Waals surface area (Å²) in [5.41, 5.74) is 9.96. The highest BCUT2D eigenvalue weighted by atomic mass is 16.5. The highest BCUT2D eigenvalue weighted by Crippen LogP contribution is 2.32. The van der Waals surface area contributed by atoms with E-state index < -0.39 is 0 Å². The zero-order valence-electron chi connectivity index (χ0n) is 9.67. The third kappa shape index (κ3) is 2.61. The summed E-state index contributed by atoms with van der Waals surface area (Å²) in [4.78, 5) is 4.96. The first-order chi connectivity index (χ1) is 8.35. The van der Waals surface area contributed by atoms with Gasteiger partial charge in [-0.15, -0.1) is 0 Å². The van der Waals surface area contributed by atoms with Gasteiger partial charge in [0.15, 0.2) is 0 Å². The van der Waals surface area contributed by atoms with E-state index in [2.05, 4.69) is 14.9 Å². The summed E-state index contributed by atoms with van der Waals surface area (Å²) in [5.74, 6) is 0.719. The third-order valence-electron chi connectivity index (χ3n) is 2.68. The Bertz CT molecular complexity index is 437. The van der Waals surface area contributed by atoms with Gasteiger partial charge in [0.1, 0.15) is 5.75 Å². The molecule has 0 aromatic heterocycles. The minimum absolute atomic E-state index is 0.557. The topological polar surface area (TPSA) is 70.5 Å². The first-order valence-electron chi connectivity index (χ1n) is 5.41. The average Bonchev–Trinajstić information content (AvgIpc) is 2.40. The van der Waals surface area contributed by atoms with Crippen molar-refractivity contribution in [2.75, 3.05) is 38.3 Å². The van der Waals surface area contributed by atoms with E-state index in [1.165, 1.54) is 0 Å². The van der Waals surface area contributed by atoms with Crippen molar-refractivity contribution >= 4 is 11.4 Å². The van der Waals surface area contributed by atoms with Crippen molar-refractivity contribution < 1.29 is 9.47 Å². The standard InChI is InChI=1S/C11H14N4O2/c1-16-11-8-9(13-14-12)2-3-10(11)15-4-6-17-7-5-15/h2-3,8H,4-7H2,1H3. The molecule has 0 radical (unpaired) electrons. The lowest BCUT2D eigenvalue weighted by molar-refractivity contribution is 0.122. The number of nitrogens with zero attached hydrogens (tertiary/aromatic N) is 4. The molecule has 1 aliphatic heterocycles. The number of azide groups is 1. The molecule has 1 aliphatic rings. The normalized spacial score (nSPS) is 15.2. The number of methoxy groups -OCH3 is 1. The Hall–Kier alpha value is -1.91. The fraction of sp³-hybridized carbons (Fsp3) is 0.455. The van der Waals surface area contributed by atoms with Gasteiger partial charge in [-0.1, -0.05) is 11.2 Å². The lowest BCUT2D eigenvalue weighted by Crippen LogP contribution is -2.36. The first kappa shape index (κ1) is 11.6. The minimum Gasteiger partial charge on any atom is -0.495 e. The molecule has 0 amide bonds. The van der Waals surface area contributed by atoms with Gasteiger partial charge in [-0.2, -0.15) is 0 Å². The lowest BCUT2D eigenvalue weighted by atomic mass is 10.2. The Morgan fingerprint density at radius 3 is 2.82 bits per heavy atom. The van der Waals surface area contributed by atoms with Crippen LogP contribution in [-0.2, 0) is 4.74 Å². The molecule has 0 N–H and O–H groups in total. The maximum Gasteiger partial charge on any atom is 0.142 e. The molecule has 0 spiro atoms. The minimum atomic E-state index is 0.557. The second kappa shape index (κ2) is 5.43. The largest absolute Gasteiger partial charge is 0.495 e. The Morgan fingerprint density at radius 2 is 2.18 bits per heavy atom. The molecule has 2 rings (SSSR count). The first-order valence-corrected chi connectivity index (χ1v) is 5.41. The Kier molecular flexibility index (Phi) is 3.69. The molecule has 1 saturated heterocycles. The lowest BCUT2D eigenvalue weighted by Gasteiger charge is -2.30. The van der Waals surface area contributed by atoms with E-state index in [0.29, 0.717) is 5.69 Å². The SMILES string of the molecule is COc1cc(N=[N+]=[N-])ccc1N1CCOCC1. The summed E-state index contributed by atoms with van der Waals surface area (Å²) in [6.07, 6.45) is 0. The molecule has 17 heavy (non-hydrogen) atoms. The maximum absolute atomic E-state index is 8.39. The van der Waals surface area contributed by atoms with Crippen molar-refractivity contribution in [1.29, 1.82) is 0 Å². The van der Waals surface area contributed by atoms with Crippen LogP contribution in [0.3, 0.4) is 0 Å². The van der Waals surface area contributed by atoms with Gasteiger partial charge in [0, 0.05) is 23.7 Å². The van der Waals surface area contributed by atoms with Crippen molar-refractivity contribution in [3.05, 3.63) is 28.6 Å². The zero-order valence-corrected chi connectivity index (χ0v) is 9.67. The van der Waals surface area contributed by atoms with E-state index in [4.69, 9.17) is 15.0 Å². The molecular formula is C11H14N4O2. The van der Waals surface area contributed by atoms with Gasteiger partial charge in [-0.05, 0) is 17.7 Å². The van der Waals surface area contributed by atoms with E-state index in [1.54, 1.807) is 19.2 Å². The van der Waals surface area contributed by atoms with Gasteiger partial charge in [0.25, 0.3) is 0 Å². The summed E-state index contributed by atoms with van der Waals surface area (Å²) in [6, 6.07) is 5.44. The second-order valence-corrected chi connectivity index (χ2v) is 3.65. The van der Waals surface area contributed by atoms with Gasteiger partial charge >= 0.3 is 0 Å². The molecule has 0 atom stereocenters. The van der Waals surface area contributed by atoms with Crippen LogP contribution < -0.4 is 9.64 Å². The molecule has 1 fully saturated rings.